The highest BCUT2D eigenvalue weighted by atomic mass is 35.7. The Bertz CT molecular complexity index is 163. The smallest absolute Gasteiger partial charge is 0.280 e. The van der Waals surface area contributed by atoms with Gasteiger partial charge in [0.2, 0.25) is 6.08 Å². The van der Waals surface area contributed by atoms with Gasteiger partial charge in [0.15, 0.2) is 0 Å². The van der Waals surface area contributed by atoms with Gasteiger partial charge in [-0.1, -0.05) is 6.92 Å². The molecular weight excluding hydrogens is 148 g/mol. The maximum atomic E-state index is 10.5. The molecule has 8 heavy (non-hydrogen) atoms. The van der Waals surface area contributed by atoms with E-state index in [0.717, 1.165) is 6.08 Å². The molecule has 0 heterocycles. The van der Waals surface area contributed by atoms with Crippen molar-refractivity contribution >= 4 is 24.0 Å². The Morgan fingerprint density at radius 1 is 1.88 bits per heavy atom. The normalized spacial score (nSPS) is 16.2. The van der Waals surface area contributed by atoms with Crippen LogP contribution in [-0.4, -0.2) is 12.2 Å². The number of carbonyl (C=O) groups excluding carboxylic acids is 1. The Hall–Kier alpha value is -0.100. The van der Waals surface area contributed by atoms with E-state index in [2.05, 4.69) is 4.76 Å². The van der Waals surface area contributed by atoms with Crippen LogP contribution in [0, 0.1) is 0 Å². The monoisotopic (exact) mass is 153 g/mol. The molecule has 0 N–H and O–H groups in total. The second-order valence-electron chi connectivity index (χ2n) is 1.12. The zero-order valence-corrected chi connectivity index (χ0v) is 5.95. The maximum absolute atomic E-state index is 10.5. The number of halogens is 1. The van der Waals surface area contributed by atoms with Crippen LogP contribution >= 0.6 is 17.9 Å². The van der Waals surface area contributed by atoms with E-state index in [4.69, 9.17) is 11.2 Å². The quantitative estimate of drug-likeness (QED) is 0.345. The van der Waals surface area contributed by atoms with E-state index in [1.165, 1.54) is 0 Å². The molecule has 0 aromatic heterocycles. The summed E-state index contributed by atoms with van der Waals surface area (Å²) in [6.07, 6.45) is 1.34. The van der Waals surface area contributed by atoms with Crippen molar-refractivity contribution in [3.63, 3.8) is 0 Å². The Labute approximate surface area is 52.0 Å². The van der Waals surface area contributed by atoms with E-state index in [1.807, 2.05) is 0 Å². The van der Waals surface area contributed by atoms with Gasteiger partial charge in [0.1, 0.15) is 0 Å². The molecule has 0 aromatic rings. The lowest BCUT2D eigenvalue weighted by molar-refractivity contribution is 0.563. The molecule has 46 valence electrons. The molecule has 5 heteroatoms. The molecule has 0 aromatic carbocycles. The molecule has 0 saturated heterocycles. The summed E-state index contributed by atoms with van der Waals surface area (Å²) >= 11 is 5.15. The summed E-state index contributed by atoms with van der Waals surface area (Å²) in [7, 11) is 0. The average molecular weight is 154 g/mol. The number of hydrogen-bond acceptors (Lipinski definition) is 2. The van der Waals surface area contributed by atoms with Crippen LogP contribution in [0.4, 0.5) is 0 Å². The van der Waals surface area contributed by atoms with Crippen LogP contribution < -0.4 is 0 Å². The van der Waals surface area contributed by atoms with E-state index in [9.17, 15) is 9.36 Å². The number of isocyanates is 1. The van der Waals surface area contributed by atoms with Gasteiger partial charge in [-0.2, -0.15) is 0 Å². The predicted molar refractivity (Wildman–Crippen MR) is 32.1 cm³/mol. The van der Waals surface area contributed by atoms with Gasteiger partial charge in [-0.15, -0.1) is 4.76 Å². The maximum Gasteiger partial charge on any atom is 0.285 e. The highest BCUT2D eigenvalue weighted by molar-refractivity contribution is 7.88. The third-order valence-electron chi connectivity index (χ3n) is 0.580. The second-order valence-corrected chi connectivity index (χ2v) is 4.77. The molecule has 3 nitrogen and oxygen atoms in total. The lowest BCUT2D eigenvalue weighted by Gasteiger charge is -1.92. The predicted octanol–water partition coefficient (Wildman–Crippen LogP) is 1.77. The van der Waals surface area contributed by atoms with E-state index in [0.29, 0.717) is 0 Å². The van der Waals surface area contributed by atoms with Gasteiger partial charge in [0.25, 0.3) is 6.65 Å². The summed E-state index contributed by atoms with van der Waals surface area (Å²) < 4.78 is 13.4. The molecule has 0 bridgehead atoms. The van der Waals surface area contributed by atoms with Gasteiger partial charge in [0, 0.05) is 6.16 Å². The third-order valence-corrected chi connectivity index (χ3v) is 2.68. The fourth-order valence-corrected chi connectivity index (χ4v) is 0.488. The van der Waals surface area contributed by atoms with Crippen LogP contribution in [0.3, 0.4) is 0 Å². The van der Waals surface area contributed by atoms with E-state index >= 15 is 0 Å². The summed E-state index contributed by atoms with van der Waals surface area (Å²) in [5, 5.41) is 0. The van der Waals surface area contributed by atoms with E-state index < -0.39 is 6.65 Å². The highest BCUT2D eigenvalue weighted by Crippen LogP contribution is 2.51. The molecule has 0 aliphatic rings. The molecule has 0 aliphatic carbocycles. The molecule has 0 rings (SSSR count). The Morgan fingerprint density at radius 3 is 2.50 bits per heavy atom. The molecule has 1 atom stereocenters. The van der Waals surface area contributed by atoms with Crippen LogP contribution in [0.25, 0.3) is 0 Å². The average Bonchev–Trinajstić information content (AvgIpc) is 1.67. The van der Waals surface area contributed by atoms with Crippen molar-refractivity contribution < 1.29 is 9.36 Å². The second kappa shape index (κ2) is 3.03. The first kappa shape index (κ1) is 7.90. The lowest BCUT2D eigenvalue weighted by Crippen LogP contribution is -1.68. The number of nitrogens with zero attached hydrogens (tertiary/aromatic N) is 1. The fourth-order valence-electron chi connectivity index (χ4n) is 0.132. The molecule has 0 aliphatic heterocycles. The minimum atomic E-state index is -3.00. The molecule has 1 unspecified atom stereocenters. The van der Waals surface area contributed by atoms with Crippen LogP contribution in [-0.2, 0) is 9.36 Å². The molecule has 0 radical (unpaired) electrons. The van der Waals surface area contributed by atoms with E-state index in [1.54, 1.807) is 6.92 Å². The van der Waals surface area contributed by atoms with E-state index in [-0.39, 0.29) is 6.16 Å². The zero-order valence-electron chi connectivity index (χ0n) is 4.30. The molecule has 0 spiro atoms. The van der Waals surface area contributed by atoms with Gasteiger partial charge in [-0.05, 0) is 11.2 Å². The van der Waals surface area contributed by atoms with Crippen LogP contribution in [0.5, 0.6) is 0 Å². The fraction of sp³-hybridized carbons (Fsp3) is 0.667. The standard InChI is InChI=1S/C3H5ClNO2P/c1-2-8(4,7)5-3-6/h2H2,1H3. The van der Waals surface area contributed by atoms with Gasteiger partial charge < -0.3 is 0 Å². The van der Waals surface area contributed by atoms with Crippen molar-refractivity contribution in [3.8, 4) is 0 Å². The van der Waals surface area contributed by atoms with Gasteiger partial charge in [-0.3, -0.25) is 4.57 Å². The van der Waals surface area contributed by atoms with Gasteiger partial charge in [-0.25, -0.2) is 4.79 Å². The number of rotatable bonds is 2. The Balaban J connectivity index is 4.14. The minimum absolute atomic E-state index is 0.198. The largest absolute Gasteiger partial charge is 0.285 e. The number of hydrogen-bond donors (Lipinski definition) is 0. The summed E-state index contributed by atoms with van der Waals surface area (Å²) in [6.45, 7) is -1.41. The van der Waals surface area contributed by atoms with Crippen molar-refractivity contribution in [3.05, 3.63) is 0 Å². The molecule has 0 saturated carbocycles. The van der Waals surface area contributed by atoms with Crippen LogP contribution in [0.2, 0.25) is 0 Å². The lowest BCUT2D eigenvalue weighted by atomic mass is 11.0. The Morgan fingerprint density at radius 2 is 2.38 bits per heavy atom. The van der Waals surface area contributed by atoms with Crippen molar-refractivity contribution in [2.45, 2.75) is 6.92 Å². The summed E-state index contributed by atoms with van der Waals surface area (Å²) in [5.74, 6) is 0. The molecule has 0 fully saturated rings. The van der Waals surface area contributed by atoms with Crippen molar-refractivity contribution in [2.75, 3.05) is 6.16 Å². The first-order chi connectivity index (χ1) is 3.62. The van der Waals surface area contributed by atoms with Gasteiger partial charge >= 0.3 is 0 Å². The zero-order chi connectivity index (χ0) is 6.62. The first-order valence-corrected chi connectivity index (χ1v) is 4.75. The minimum Gasteiger partial charge on any atom is -0.280 e. The summed E-state index contributed by atoms with van der Waals surface area (Å²) in [5.41, 5.74) is 0. The topological polar surface area (TPSA) is 46.5 Å². The van der Waals surface area contributed by atoms with Crippen molar-refractivity contribution in [1.29, 1.82) is 0 Å². The third kappa shape index (κ3) is 2.98. The van der Waals surface area contributed by atoms with Crippen LogP contribution in [0.1, 0.15) is 6.92 Å². The van der Waals surface area contributed by atoms with Crippen LogP contribution in [0.15, 0.2) is 4.76 Å². The molecular formula is C3H5ClNO2P. The molecule has 0 amide bonds. The van der Waals surface area contributed by atoms with Gasteiger partial charge in [0.05, 0.1) is 0 Å². The van der Waals surface area contributed by atoms with Crippen molar-refractivity contribution in [1.82, 2.24) is 0 Å². The summed E-state index contributed by atoms with van der Waals surface area (Å²) in [6, 6.07) is 0. The first-order valence-electron chi connectivity index (χ1n) is 2.00. The van der Waals surface area contributed by atoms with Crippen molar-refractivity contribution in [2.24, 2.45) is 4.76 Å². The highest BCUT2D eigenvalue weighted by Gasteiger charge is 2.11. The summed E-state index contributed by atoms with van der Waals surface area (Å²) in [4.78, 5) is 9.43. The SMILES string of the molecule is CCP(=O)(Cl)N=C=O. The Kier molecular flexibility index (Phi) is 2.99.